The maximum atomic E-state index is 12.8. The van der Waals surface area contributed by atoms with Gasteiger partial charge < -0.3 is 9.47 Å². The van der Waals surface area contributed by atoms with E-state index < -0.39 is 27.4 Å². The molecule has 0 saturated heterocycles. The lowest BCUT2D eigenvalue weighted by Gasteiger charge is -2.18. The number of carbonyl (C=O) groups excluding carboxylic acids is 1. The maximum absolute atomic E-state index is 12.8. The molecule has 30 heavy (non-hydrogen) atoms. The predicted molar refractivity (Wildman–Crippen MR) is 108 cm³/mol. The zero-order valence-corrected chi connectivity index (χ0v) is 17.3. The molecule has 0 fully saturated rings. The van der Waals surface area contributed by atoms with E-state index >= 15 is 0 Å². The smallest absolute Gasteiger partial charge is 0.278 e. The van der Waals surface area contributed by atoms with E-state index in [1.807, 2.05) is 0 Å². The third-order valence-corrected chi connectivity index (χ3v) is 5.78. The molecule has 2 rings (SSSR count). The second-order valence-corrected chi connectivity index (χ2v) is 7.90. The summed E-state index contributed by atoms with van der Waals surface area (Å²) >= 11 is 0. The zero-order valence-electron chi connectivity index (χ0n) is 16.4. The van der Waals surface area contributed by atoms with Gasteiger partial charge in [-0.15, -0.1) is 0 Å². The van der Waals surface area contributed by atoms with Crippen molar-refractivity contribution in [1.29, 1.82) is 0 Å². The largest absolute Gasteiger partial charge is 0.497 e. The van der Waals surface area contributed by atoms with Gasteiger partial charge in [-0.25, -0.2) is 13.8 Å². The number of hydrogen-bond donors (Lipinski definition) is 1. The standard InChI is InChI=1S/C18H20N4O7S/c1-21(30(26,27)17-10-14(28-2)8-9-16(17)29-3)12-18(23)20-19-11-13-6-4-5-7-15(13)22(24)25/h4-11H,12H2,1-3H3,(H,20,23)/b19-11+. The number of sulfonamides is 1. The molecule has 11 nitrogen and oxygen atoms in total. The van der Waals surface area contributed by atoms with Gasteiger partial charge in [0.1, 0.15) is 16.4 Å². The van der Waals surface area contributed by atoms with E-state index in [0.29, 0.717) is 5.75 Å². The van der Waals surface area contributed by atoms with Crippen LogP contribution in [0.5, 0.6) is 11.5 Å². The lowest BCUT2D eigenvalue weighted by Crippen LogP contribution is -2.36. The summed E-state index contributed by atoms with van der Waals surface area (Å²) in [6, 6.07) is 10.1. The Morgan fingerprint density at radius 3 is 2.57 bits per heavy atom. The minimum absolute atomic E-state index is 0.0949. The molecule has 0 unspecified atom stereocenters. The van der Waals surface area contributed by atoms with Crippen LogP contribution in [0.4, 0.5) is 5.69 Å². The molecule has 0 heterocycles. The summed E-state index contributed by atoms with van der Waals surface area (Å²) in [5.74, 6) is -0.337. The van der Waals surface area contributed by atoms with Crippen LogP contribution in [0.15, 0.2) is 52.5 Å². The molecule has 0 bridgehead atoms. The molecule has 1 N–H and O–H groups in total. The van der Waals surface area contributed by atoms with E-state index in [1.165, 1.54) is 51.6 Å². The Kier molecular flexibility index (Phi) is 7.44. The summed E-state index contributed by atoms with van der Waals surface area (Å²) in [6.45, 7) is -0.545. The first-order valence-electron chi connectivity index (χ1n) is 8.44. The van der Waals surface area contributed by atoms with Crippen molar-refractivity contribution in [3.05, 3.63) is 58.1 Å². The lowest BCUT2D eigenvalue weighted by molar-refractivity contribution is -0.385. The number of hydrogen-bond acceptors (Lipinski definition) is 8. The van der Waals surface area contributed by atoms with E-state index in [9.17, 15) is 23.3 Å². The fourth-order valence-electron chi connectivity index (χ4n) is 2.41. The number of hydrazone groups is 1. The molecule has 160 valence electrons. The van der Waals surface area contributed by atoms with Crippen LogP contribution in [-0.2, 0) is 14.8 Å². The number of nitro benzene ring substituents is 1. The molecule has 0 spiro atoms. The van der Waals surface area contributed by atoms with E-state index in [4.69, 9.17) is 9.47 Å². The Morgan fingerprint density at radius 1 is 1.23 bits per heavy atom. The van der Waals surface area contributed by atoms with Crippen molar-refractivity contribution < 1.29 is 27.6 Å². The quantitative estimate of drug-likeness (QED) is 0.356. The molecular weight excluding hydrogens is 416 g/mol. The van der Waals surface area contributed by atoms with Gasteiger partial charge in [0.2, 0.25) is 10.0 Å². The normalized spacial score (nSPS) is 11.5. The van der Waals surface area contributed by atoms with Crippen LogP contribution in [0.2, 0.25) is 0 Å². The SMILES string of the molecule is COc1ccc(OC)c(S(=O)(=O)N(C)CC(=O)N/N=C/c2ccccc2[N+](=O)[O-])c1. The summed E-state index contributed by atoms with van der Waals surface area (Å²) in [6.07, 6.45) is 1.11. The molecule has 0 radical (unpaired) electrons. The van der Waals surface area contributed by atoms with Crippen LogP contribution in [0.25, 0.3) is 0 Å². The molecule has 0 aliphatic carbocycles. The highest BCUT2D eigenvalue weighted by Crippen LogP contribution is 2.30. The Balaban J connectivity index is 2.11. The minimum atomic E-state index is -4.08. The van der Waals surface area contributed by atoms with Crippen molar-refractivity contribution in [2.24, 2.45) is 5.10 Å². The third-order valence-electron chi connectivity index (χ3n) is 3.95. The van der Waals surface area contributed by atoms with Crippen LogP contribution in [0, 0.1) is 10.1 Å². The first-order valence-corrected chi connectivity index (χ1v) is 9.88. The number of carbonyl (C=O) groups is 1. The third kappa shape index (κ3) is 5.30. The van der Waals surface area contributed by atoms with Crippen molar-refractivity contribution in [2.75, 3.05) is 27.8 Å². The second kappa shape index (κ2) is 9.80. The number of nitrogens with zero attached hydrogens (tertiary/aromatic N) is 3. The fourth-order valence-corrected chi connectivity index (χ4v) is 3.71. The summed E-state index contributed by atoms with van der Waals surface area (Å²) in [4.78, 5) is 22.3. The summed E-state index contributed by atoms with van der Waals surface area (Å²) < 4.78 is 36.6. The lowest BCUT2D eigenvalue weighted by atomic mass is 10.2. The van der Waals surface area contributed by atoms with Crippen molar-refractivity contribution in [3.63, 3.8) is 0 Å². The van der Waals surface area contributed by atoms with Gasteiger partial charge in [0.15, 0.2) is 0 Å². The highest BCUT2D eigenvalue weighted by atomic mass is 32.2. The van der Waals surface area contributed by atoms with Crippen molar-refractivity contribution in [1.82, 2.24) is 9.73 Å². The van der Waals surface area contributed by atoms with Gasteiger partial charge in [0.05, 0.1) is 37.5 Å². The van der Waals surface area contributed by atoms with Gasteiger partial charge in [-0.1, -0.05) is 12.1 Å². The molecule has 0 aliphatic rings. The molecule has 1 amide bonds. The monoisotopic (exact) mass is 436 g/mol. The summed E-state index contributed by atoms with van der Waals surface area (Å²) in [5.41, 5.74) is 2.15. The van der Waals surface area contributed by atoms with Gasteiger partial charge in [0, 0.05) is 19.2 Å². The number of nitrogens with one attached hydrogen (secondary N) is 1. The van der Waals surface area contributed by atoms with Crippen LogP contribution in [0.1, 0.15) is 5.56 Å². The molecule has 0 saturated carbocycles. The fraction of sp³-hybridized carbons (Fsp3) is 0.222. The summed E-state index contributed by atoms with van der Waals surface area (Å²) in [7, 11) is -0.139. The Labute approximate surface area is 173 Å². The topological polar surface area (TPSA) is 140 Å². The van der Waals surface area contributed by atoms with Gasteiger partial charge in [-0.2, -0.15) is 9.41 Å². The van der Waals surface area contributed by atoms with Crippen molar-refractivity contribution in [2.45, 2.75) is 4.90 Å². The average Bonchev–Trinajstić information content (AvgIpc) is 2.73. The maximum Gasteiger partial charge on any atom is 0.278 e. The highest BCUT2D eigenvalue weighted by molar-refractivity contribution is 7.89. The van der Waals surface area contributed by atoms with Gasteiger partial charge in [-0.3, -0.25) is 14.9 Å². The first kappa shape index (κ1) is 22.8. The number of likely N-dealkylation sites (N-methyl/N-ethyl adjacent to an activating group) is 1. The highest BCUT2D eigenvalue weighted by Gasteiger charge is 2.27. The second-order valence-electron chi connectivity index (χ2n) is 5.89. The van der Waals surface area contributed by atoms with Crippen LogP contribution in [0.3, 0.4) is 0 Å². The predicted octanol–water partition coefficient (Wildman–Crippen LogP) is 1.38. The van der Waals surface area contributed by atoms with E-state index in [-0.39, 0.29) is 21.9 Å². The molecule has 2 aromatic carbocycles. The number of nitro groups is 1. The number of methoxy groups -OCH3 is 2. The van der Waals surface area contributed by atoms with E-state index in [1.54, 1.807) is 12.1 Å². The molecular formula is C18H20N4O7S. The minimum Gasteiger partial charge on any atom is -0.497 e. The number of amides is 1. The van der Waals surface area contributed by atoms with Gasteiger partial charge in [-0.05, 0) is 18.2 Å². The van der Waals surface area contributed by atoms with Gasteiger partial charge in [0.25, 0.3) is 11.6 Å². The number of benzene rings is 2. The molecule has 12 heteroatoms. The Morgan fingerprint density at radius 2 is 1.93 bits per heavy atom. The zero-order chi connectivity index (χ0) is 22.3. The van der Waals surface area contributed by atoms with Crippen molar-refractivity contribution >= 4 is 27.8 Å². The Bertz CT molecular complexity index is 1070. The van der Waals surface area contributed by atoms with E-state index in [0.717, 1.165) is 10.5 Å². The first-order chi connectivity index (χ1) is 14.2. The molecule has 0 aromatic heterocycles. The van der Waals surface area contributed by atoms with Crippen LogP contribution in [-0.4, -0.2) is 57.6 Å². The number of rotatable bonds is 9. The van der Waals surface area contributed by atoms with Crippen LogP contribution < -0.4 is 14.9 Å². The number of para-hydroxylation sites is 1. The van der Waals surface area contributed by atoms with Crippen molar-refractivity contribution in [3.8, 4) is 11.5 Å². The van der Waals surface area contributed by atoms with Crippen LogP contribution >= 0.6 is 0 Å². The Hall–Kier alpha value is -3.51. The molecule has 0 atom stereocenters. The number of ether oxygens (including phenoxy) is 2. The molecule has 0 aliphatic heterocycles. The average molecular weight is 436 g/mol. The molecule has 2 aromatic rings. The summed E-state index contributed by atoms with van der Waals surface area (Å²) in [5, 5.41) is 14.6. The van der Waals surface area contributed by atoms with E-state index in [2.05, 4.69) is 10.5 Å². The van der Waals surface area contributed by atoms with Gasteiger partial charge >= 0.3 is 0 Å².